The molecule has 2 fully saturated rings. The summed E-state index contributed by atoms with van der Waals surface area (Å²) in [4.78, 5) is 26.3. The number of rotatable bonds is 5. The lowest BCUT2D eigenvalue weighted by Gasteiger charge is -2.28. The predicted octanol–water partition coefficient (Wildman–Crippen LogP) is 1.79. The summed E-state index contributed by atoms with van der Waals surface area (Å²) < 4.78 is 5.37. The van der Waals surface area contributed by atoms with E-state index in [1.165, 1.54) is 11.3 Å². The van der Waals surface area contributed by atoms with E-state index in [2.05, 4.69) is 0 Å². The summed E-state index contributed by atoms with van der Waals surface area (Å²) in [6, 6.07) is 3.79. The number of likely N-dealkylation sites (tertiary alicyclic amines) is 1. The molecule has 1 aromatic rings. The molecule has 3 heterocycles. The van der Waals surface area contributed by atoms with Gasteiger partial charge >= 0.3 is 5.97 Å². The largest absolute Gasteiger partial charge is 0.479 e. The maximum Gasteiger partial charge on any atom is 0.332 e. The molecule has 0 aromatic carbocycles. The second kappa shape index (κ2) is 6.98. The molecule has 1 aromatic heterocycles. The average Bonchev–Trinajstić information content (AvgIpc) is 3.27. The highest BCUT2D eigenvalue weighted by molar-refractivity contribution is 7.10. The molecule has 3 rings (SSSR count). The van der Waals surface area contributed by atoms with Gasteiger partial charge in [0.05, 0.1) is 6.10 Å². The Hall–Kier alpha value is -1.44. The van der Waals surface area contributed by atoms with Crippen LogP contribution in [0.4, 0.5) is 0 Å². The second-order valence-corrected chi connectivity index (χ2v) is 7.10. The number of ether oxygens (including phenoxy) is 1. The van der Waals surface area contributed by atoms with Crippen molar-refractivity contribution in [1.29, 1.82) is 0 Å². The Balaban J connectivity index is 1.60. The molecule has 0 radical (unpaired) electrons. The fraction of sp³-hybridized carbons (Fsp3) is 0.625. The summed E-state index contributed by atoms with van der Waals surface area (Å²) in [6.45, 7) is 0.651. The molecule has 0 spiro atoms. The Morgan fingerprint density at radius 3 is 2.78 bits per heavy atom. The molecule has 2 unspecified atom stereocenters. The van der Waals surface area contributed by atoms with Gasteiger partial charge in [-0.05, 0) is 43.6 Å². The quantitative estimate of drug-likeness (QED) is 0.854. The Morgan fingerprint density at radius 1 is 1.35 bits per heavy atom. The minimum absolute atomic E-state index is 0.00734. The summed E-state index contributed by atoms with van der Waals surface area (Å²) >= 11 is 1.51. The van der Waals surface area contributed by atoms with Crippen molar-refractivity contribution in [2.24, 2.45) is 0 Å². The van der Waals surface area contributed by atoms with Crippen LogP contribution in [0.15, 0.2) is 17.5 Å². The first kappa shape index (κ1) is 16.4. The first-order chi connectivity index (χ1) is 11.1. The van der Waals surface area contributed by atoms with Crippen molar-refractivity contribution in [2.45, 2.75) is 56.5 Å². The van der Waals surface area contributed by atoms with Gasteiger partial charge < -0.3 is 19.8 Å². The van der Waals surface area contributed by atoms with Crippen molar-refractivity contribution in [3.8, 4) is 0 Å². The number of carboxylic acids is 1. The molecule has 2 N–H and O–H groups in total. The Morgan fingerprint density at radius 2 is 2.13 bits per heavy atom. The van der Waals surface area contributed by atoms with E-state index in [1.54, 1.807) is 4.90 Å². The van der Waals surface area contributed by atoms with Gasteiger partial charge in [0.1, 0.15) is 6.10 Å². The maximum absolute atomic E-state index is 12.6. The van der Waals surface area contributed by atoms with Crippen LogP contribution in [0.5, 0.6) is 0 Å². The van der Waals surface area contributed by atoms with Crippen LogP contribution in [0.2, 0.25) is 0 Å². The van der Waals surface area contributed by atoms with Gasteiger partial charge in [-0.1, -0.05) is 6.07 Å². The summed E-state index contributed by atoms with van der Waals surface area (Å²) in [7, 11) is 0. The van der Waals surface area contributed by atoms with Crippen LogP contribution in [0.1, 0.15) is 43.1 Å². The zero-order chi connectivity index (χ0) is 16.4. The number of nitrogens with zero attached hydrogens (tertiary/aromatic N) is 1. The van der Waals surface area contributed by atoms with Crippen LogP contribution in [-0.2, 0) is 14.3 Å². The van der Waals surface area contributed by atoms with Gasteiger partial charge in [0.15, 0.2) is 6.10 Å². The second-order valence-electron chi connectivity index (χ2n) is 6.12. The van der Waals surface area contributed by atoms with Crippen molar-refractivity contribution in [1.82, 2.24) is 4.90 Å². The number of amides is 1. The third kappa shape index (κ3) is 3.57. The molecule has 23 heavy (non-hydrogen) atoms. The van der Waals surface area contributed by atoms with E-state index in [-0.39, 0.29) is 11.9 Å². The topological polar surface area (TPSA) is 87.1 Å². The first-order valence-electron chi connectivity index (χ1n) is 7.96. The molecule has 0 saturated carbocycles. The van der Waals surface area contributed by atoms with Crippen molar-refractivity contribution < 1.29 is 24.5 Å². The minimum atomic E-state index is -1.01. The van der Waals surface area contributed by atoms with Gasteiger partial charge in [0.2, 0.25) is 0 Å². The maximum atomic E-state index is 12.6. The fourth-order valence-corrected chi connectivity index (χ4v) is 4.14. The third-order valence-corrected chi connectivity index (χ3v) is 5.57. The number of carbonyl (C=O) groups is 2. The summed E-state index contributed by atoms with van der Waals surface area (Å²) in [5.41, 5.74) is 0. The van der Waals surface area contributed by atoms with Gasteiger partial charge in [0.25, 0.3) is 5.91 Å². The number of carbonyl (C=O) groups excluding carboxylic acids is 1. The molecule has 1 amide bonds. The van der Waals surface area contributed by atoms with E-state index in [1.807, 2.05) is 17.5 Å². The summed E-state index contributed by atoms with van der Waals surface area (Å²) in [5, 5.41) is 21.2. The molecule has 2 aliphatic heterocycles. The molecule has 2 aliphatic rings. The first-order valence-corrected chi connectivity index (χ1v) is 8.84. The minimum Gasteiger partial charge on any atom is -0.479 e. The molecule has 6 nitrogen and oxygen atoms in total. The monoisotopic (exact) mass is 339 g/mol. The van der Waals surface area contributed by atoms with Gasteiger partial charge in [0, 0.05) is 17.5 Å². The molecule has 4 atom stereocenters. The van der Waals surface area contributed by atoms with E-state index in [4.69, 9.17) is 9.84 Å². The van der Waals surface area contributed by atoms with E-state index < -0.39 is 24.3 Å². The molecule has 0 bridgehead atoms. The van der Waals surface area contributed by atoms with Gasteiger partial charge in [-0.3, -0.25) is 4.79 Å². The fourth-order valence-electron chi connectivity index (χ4n) is 3.41. The van der Waals surface area contributed by atoms with Crippen LogP contribution >= 0.6 is 11.3 Å². The Bertz CT molecular complexity index is 561. The molecule has 2 saturated heterocycles. The smallest absolute Gasteiger partial charge is 0.332 e. The standard InChI is InChI=1S/C16H21NO5S/c18-11(14-4-2-8-23-14)9-10-3-1-7-17(10)15(19)12-5-6-13(22-12)16(20)21/h2,4,8,10-13,18H,1,3,5-7,9H2,(H,20,21)/t10?,11?,12-,13+/m0/s1. The third-order valence-electron chi connectivity index (χ3n) is 4.60. The average molecular weight is 339 g/mol. The highest BCUT2D eigenvalue weighted by Gasteiger charge is 2.40. The number of carboxylic acid groups (broad SMARTS) is 1. The number of hydrogen-bond donors (Lipinski definition) is 2. The van der Waals surface area contributed by atoms with Gasteiger partial charge in [-0.15, -0.1) is 11.3 Å². The molecule has 0 aliphatic carbocycles. The number of thiophene rings is 1. The highest BCUT2D eigenvalue weighted by Crippen LogP contribution is 2.31. The molecule has 126 valence electrons. The Kier molecular flexibility index (Phi) is 4.99. The lowest BCUT2D eigenvalue weighted by Crippen LogP contribution is -2.43. The number of aliphatic hydroxyl groups is 1. The van der Waals surface area contributed by atoms with Crippen molar-refractivity contribution >= 4 is 23.2 Å². The SMILES string of the molecule is O=C(O)[C@H]1CC[C@@H](C(=O)N2CCCC2CC(O)c2cccs2)O1. The predicted molar refractivity (Wildman–Crippen MR) is 84.2 cm³/mol. The van der Waals surface area contributed by atoms with Gasteiger partial charge in [-0.2, -0.15) is 0 Å². The van der Waals surface area contributed by atoms with Crippen molar-refractivity contribution in [2.75, 3.05) is 6.54 Å². The van der Waals surface area contributed by atoms with Crippen LogP contribution < -0.4 is 0 Å². The normalized spacial score (nSPS) is 28.9. The number of hydrogen-bond acceptors (Lipinski definition) is 5. The zero-order valence-electron chi connectivity index (χ0n) is 12.8. The number of aliphatic hydroxyl groups excluding tert-OH is 1. The highest BCUT2D eigenvalue weighted by atomic mass is 32.1. The summed E-state index contributed by atoms with van der Waals surface area (Å²) in [6.07, 6.45) is 1.02. The van der Waals surface area contributed by atoms with E-state index >= 15 is 0 Å². The van der Waals surface area contributed by atoms with E-state index in [9.17, 15) is 14.7 Å². The molecular formula is C16H21NO5S. The van der Waals surface area contributed by atoms with Crippen LogP contribution in [0.3, 0.4) is 0 Å². The van der Waals surface area contributed by atoms with E-state index in [0.29, 0.717) is 25.8 Å². The van der Waals surface area contributed by atoms with E-state index in [0.717, 1.165) is 17.7 Å². The number of aliphatic carboxylic acids is 1. The van der Waals surface area contributed by atoms with Crippen molar-refractivity contribution in [3.05, 3.63) is 22.4 Å². The van der Waals surface area contributed by atoms with Crippen LogP contribution in [0.25, 0.3) is 0 Å². The molecular weight excluding hydrogens is 318 g/mol. The van der Waals surface area contributed by atoms with Crippen LogP contribution in [-0.4, -0.2) is 51.8 Å². The van der Waals surface area contributed by atoms with Crippen molar-refractivity contribution in [3.63, 3.8) is 0 Å². The molecule has 7 heteroatoms. The zero-order valence-corrected chi connectivity index (χ0v) is 13.6. The Labute approximate surface area is 138 Å². The lowest BCUT2D eigenvalue weighted by molar-refractivity contribution is -0.155. The van der Waals surface area contributed by atoms with Gasteiger partial charge in [-0.25, -0.2) is 4.79 Å². The van der Waals surface area contributed by atoms with Crippen LogP contribution in [0, 0.1) is 0 Å². The lowest BCUT2D eigenvalue weighted by atomic mass is 10.0. The summed E-state index contributed by atoms with van der Waals surface area (Å²) in [5.74, 6) is -1.14.